The highest BCUT2D eigenvalue weighted by molar-refractivity contribution is 7.80. The van der Waals surface area contributed by atoms with Gasteiger partial charge in [0.05, 0.1) is 6.04 Å². The first-order valence-corrected chi connectivity index (χ1v) is 10.5. The van der Waals surface area contributed by atoms with E-state index in [4.69, 9.17) is 12.2 Å². The van der Waals surface area contributed by atoms with E-state index in [2.05, 4.69) is 48.7 Å². The molecule has 5 heteroatoms. The van der Waals surface area contributed by atoms with Gasteiger partial charge < -0.3 is 15.5 Å². The highest BCUT2D eigenvalue weighted by atomic mass is 32.1. The molecular formula is C23H29N3OS. The standard InChI is InChI=1S/C23H29N3OS/c1-3-21(18-9-7-17(2)8-10-18)25-23(28)24-20-13-11-19(12-14-20)22(27)26-15-5-4-6-16-26/h7-14,21H,3-6,15-16H2,1-2H3,(H2,24,25,28)/t21-/m0/s1. The molecule has 28 heavy (non-hydrogen) atoms. The minimum Gasteiger partial charge on any atom is -0.356 e. The summed E-state index contributed by atoms with van der Waals surface area (Å²) in [5.74, 6) is 0.123. The van der Waals surface area contributed by atoms with E-state index < -0.39 is 0 Å². The van der Waals surface area contributed by atoms with E-state index in [1.807, 2.05) is 29.2 Å². The fraction of sp³-hybridized carbons (Fsp3) is 0.391. The lowest BCUT2D eigenvalue weighted by atomic mass is 10.0. The molecule has 1 aliphatic heterocycles. The highest BCUT2D eigenvalue weighted by Gasteiger charge is 2.18. The normalized spacial score (nSPS) is 15.0. The van der Waals surface area contributed by atoms with E-state index in [9.17, 15) is 4.79 Å². The van der Waals surface area contributed by atoms with Crippen molar-refractivity contribution in [3.63, 3.8) is 0 Å². The Balaban J connectivity index is 1.57. The van der Waals surface area contributed by atoms with Crippen molar-refractivity contribution in [3.8, 4) is 0 Å². The molecule has 0 saturated carbocycles. The monoisotopic (exact) mass is 395 g/mol. The van der Waals surface area contributed by atoms with Crippen LogP contribution < -0.4 is 10.6 Å². The first-order chi connectivity index (χ1) is 13.6. The van der Waals surface area contributed by atoms with Crippen molar-refractivity contribution in [2.75, 3.05) is 18.4 Å². The quantitative estimate of drug-likeness (QED) is 0.695. The Hall–Kier alpha value is -2.40. The second-order valence-electron chi connectivity index (χ2n) is 7.40. The zero-order chi connectivity index (χ0) is 19.9. The number of benzene rings is 2. The first kappa shape index (κ1) is 20.3. The highest BCUT2D eigenvalue weighted by Crippen LogP contribution is 2.19. The Labute approximate surface area is 173 Å². The second-order valence-corrected chi connectivity index (χ2v) is 7.81. The summed E-state index contributed by atoms with van der Waals surface area (Å²) in [6.45, 7) is 5.96. The Bertz CT molecular complexity index is 796. The molecule has 0 unspecified atom stereocenters. The molecule has 0 radical (unpaired) electrons. The van der Waals surface area contributed by atoms with Gasteiger partial charge in [0.25, 0.3) is 5.91 Å². The number of likely N-dealkylation sites (tertiary alicyclic amines) is 1. The molecule has 1 saturated heterocycles. The number of hydrogen-bond donors (Lipinski definition) is 2. The molecule has 0 aromatic heterocycles. The summed E-state index contributed by atoms with van der Waals surface area (Å²) < 4.78 is 0. The molecule has 1 amide bonds. The average molecular weight is 396 g/mol. The first-order valence-electron chi connectivity index (χ1n) is 10.1. The van der Waals surface area contributed by atoms with Crippen molar-refractivity contribution in [1.29, 1.82) is 0 Å². The summed E-state index contributed by atoms with van der Waals surface area (Å²) >= 11 is 5.49. The molecule has 0 spiro atoms. The van der Waals surface area contributed by atoms with Crippen LogP contribution >= 0.6 is 12.2 Å². The van der Waals surface area contributed by atoms with E-state index in [0.717, 1.165) is 43.6 Å². The summed E-state index contributed by atoms with van der Waals surface area (Å²) in [5.41, 5.74) is 4.09. The Morgan fingerprint density at radius 3 is 2.29 bits per heavy atom. The van der Waals surface area contributed by atoms with Crippen molar-refractivity contribution in [2.45, 2.75) is 45.6 Å². The number of rotatable bonds is 5. The topological polar surface area (TPSA) is 44.4 Å². The maximum Gasteiger partial charge on any atom is 0.253 e. The van der Waals surface area contributed by atoms with E-state index >= 15 is 0 Å². The summed E-state index contributed by atoms with van der Waals surface area (Å²) in [7, 11) is 0. The van der Waals surface area contributed by atoms with Crippen LogP contribution in [0.3, 0.4) is 0 Å². The van der Waals surface area contributed by atoms with Crippen LogP contribution in [0.2, 0.25) is 0 Å². The van der Waals surface area contributed by atoms with Gasteiger partial charge in [-0.3, -0.25) is 4.79 Å². The van der Waals surface area contributed by atoms with Crippen molar-refractivity contribution in [2.24, 2.45) is 0 Å². The third-order valence-electron chi connectivity index (χ3n) is 5.23. The van der Waals surface area contributed by atoms with Gasteiger partial charge in [0.15, 0.2) is 5.11 Å². The van der Waals surface area contributed by atoms with Crippen LogP contribution in [0.4, 0.5) is 5.69 Å². The van der Waals surface area contributed by atoms with E-state index in [-0.39, 0.29) is 11.9 Å². The molecule has 1 aliphatic rings. The SMILES string of the molecule is CC[C@H](NC(=S)Nc1ccc(C(=O)N2CCCCC2)cc1)c1ccc(C)cc1. The lowest BCUT2D eigenvalue weighted by Gasteiger charge is -2.26. The van der Waals surface area contributed by atoms with Gasteiger partial charge in [-0.2, -0.15) is 0 Å². The number of amides is 1. The van der Waals surface area contributed by atoms with Gasteiger partial charge in [-0.05, 0) is 74.7 Å². The number of carbonyl (C=O) groups is 1. The van der Waals surface area contributed by atoms with Crippen LogP contribution in [-0.2, 0) is 0 Å². The molecule has 1 heterocycles. The van der Waals surface area contributed by atoms with Gasteiger partial charge >= 0.3 is 0 Å². The van der Waals surface area contributed by atoms with Gasteiger partial charge in [0, 0.05) is 24.3 Å². The van der Waals surface area contributed by atoms with Crippen LogP contribution in [0.15, 0.2) is 48.5 Å². The number of piperidine rings is 1. The number of anilines is 1. The number of aryl methyl sites for hydroxylation is 1. The Morgan fingerprint density at radius 2 is 1.68 bits per heavy atom. The third kappa shape index (κ3) is 5.32. The molecule has 2 aromatic rings. The fourth-order valence-corrected chi connectivity index (χ4v) is 3.78. The number of hydrogen-bond acceptors (Lipinski definition) is 2. The van der Waals surface area contributed by atoms with Gasteiger partial charge in [0.1, 0.15) is 0 Å². The molecule has 4 nitrogen and oxygen atoms in total. The fourth-order valence-electron chi connectivity index (χ4n) is 3.52. The smallest absolute Gasteiger partial charge is 0.253 e. The van der Waals surface area contributed by atoms with Crippen LogP contribution in [0, 0.1) is 6.92 Å². The predicted octanol–water partition coefficient (Wildman–Crippen LogP) is 5.06. The Kier molecular flexibility index (Phi) is 7.04. The van der Waals surface area contributed by atoms with Gasteiger partial charge in [0.2, 0.25) is 0 Å². The molecule has 0 bridgehead atoms. The third-order valence-corrected chi connectivity index (χ3v) is 5.45. The predicted molar refractivity (Wildman–Crippen MR) is 120 cm³/mol. The van der Waals surface area contributed by atoms with Crippen LogP contribution in [-0.4, -0.2) is 29.0 Å². The van der Waals surface area contributed by atoms with Crippen LogP contribution in [0.25, 0.3) is 0 Å². The lowest BCUT2D eigenvalue weighted by molar-refractivity contribution is 0.0724. The number of thiocarbonyl (C=S) groups is 1. The van der Waals surface area contributed by atoms with Gasteiger partial charge in [-0.25, -0.2) is 0 Å². The number of nitrogens with zero attached hydrogens (tertiary/aromatic N) is 1. The minimum absolute atomic E-state index is 0.123. The molecule has 2 aromatic carbocycles. The molecule has 3 rings (SSSR count). The summed E-state index contributed by atoms with van der Waals surface area (Å²) in [6.07, 6.45) is 4.36. The van der Waals surface area contributed by atoms with E-state index in [1.165, 1.54) is 17.5 Å². The maximum atomic E-state index is 12.6. The van der Waals surface area contributed by atoms with Gasteiger partial charge in [-0.1, -0.05) is 36.8 Å². The molecular weight excluding hydrogens is 366 g/mol. The second kappa shape index (κ2) is 9.69. The minimum atomic E-state index is 0.123. The summed E-state index contributed by atoms with van der Waals surface area (Å²) in [6, 6.07) is 16.3. The Morgan fingerprint density at radius 1 is 1.04 bits per heavy atom. The molecule has 0 aliphatic carbocycles. The summed E-state index contributed by atoms with van der Waals surface area (Å²) in [4.78, 5) is 14.5. The summed E-state index contributed by atoms with van der Waals surface area (Å²) in [5, 5.41) is 7.20. The van der Waals surface area contributed by atoms with Crippen molar-refractivity contribution in [1.82, 2.24) is 10.2 Å². The van der Waals surface area contributed by atoms with Crippen LogP contribution in [0.5, 0.6) is 0 Å². The zero-order valence-electron chi connectivity index (χ0n) is 16.7. The molecule has 148 valence electrons. The van der Waals surface area contributed by atoms with E-state index in [1.54, 1.807) is 0 Å². The molecule has 2 N–H and O–H groups in total. The number of carbonyl (C=O) groups excluding carboxylic acids is 1. The zero-order valence-corrected chi connectivity index (χ0v) is 17.5. The molecule has 1 fully saturated rings. The lowest BCUT2D eigenvalue weighted by Crippen LogP contribution is -2.35. The van der Waals surface area contributed by atoms with Gasteiger partial charge in [-0.15, -0.1) is 0 Å². The molecule has 1 atom stereocenters. The van der Waals surface area contributed by atoms with Crippen molar-refractivity contribution >= 4 is 28.9 Å². The van der Waals surface area contributed by atoms with Crippen molar-refractivity contribution < 1.29 is 4.79 Å². The van der Waals surface area contributed by atoms with Crippen LogP contribution in [0.1, 0.15) is 60.1 Å². The average Bonchev–Trinajstić information content (AvgIpc) is 2.73. The maximum absolute atomic E-state index is 12.6. The van der Waals surface area contributed by atoms with E-state index in [0.29, 0.717) is 5.11 Å². The largest absolute Gasteiger partial charge is 0.356 e. The van der Waals surface area contributed by atoms with Crippen molar-refractivity contribution in [3.05, 3.63) is 65.2 Å². The number of nitrogens with one attached hydrogen (secondary N) is 2.